The molecule has 0 aromatic carbocycles. The lowest BCUT2D eigenvalue weighted by Crippen LogP contribution is -2.66. The van der Waals surface area contributed by atoms with Crippen molar-refractivity contribution in [2.24, 2.45) is 0 Å². The lowest BCUT2D eigenvalue weighted by Gasteiger charge is -2.47. The molecule has 0 aromatic heterocycles. The first-order chi connectivity index (χ1) is 21.6. The van der Waals surface area contributed by atoms with E-state index < -0.39 is 136 Å². The van der Waals surface area contributed by atoms with Crippen LogP contribution in [0.1, 0.15) is 20.8 Å². The largest absolute Gasteiger partial charge is 0.394 e. The summed E-state index contributed by atoms with van der Waals surface area (Å²) in [6, 6.07) is -1.73. The van der Waals surface area contributed by atoms with Crippen molar-refractivity contribution in [1.29, 1.82) is 0 Å². The molecule has 0 aliphatic carbocycles. The molecule has 1 amide bonds. The standard InChI is InChI=1S/C26H45NO19/c1-7-13(33)16(36)19(39)24(41-7)44-21(10(4-28)27-9(3)31)22(11(32)5-29)45-26-23(18(38)15(35)12(6-30)43-26)46-25-20(40)17(37)14(34)8(2)42-25/h4,7-8,10-26,29-30,32-40H,5-6H2,1-3H3,(H,27,31). The molecule has 19 atom stereocenters. The first kappa shape index (κ1) is 38.9. The molecule has 0 radical (unpaired) electrons. The van der Waals surface area contributed by atoms with Gasteiger partial charge >= 0.3 is 0 Å². The van der Waals surface area contributed by atoms with Crippen molar-refractivity contribution in [3.8, 4) is 0 Å². The molecule has 0 saturated carbocycles. The Bertz CT molecular complexity index is 979. The average Bonchev–Trinajstić information content (AvgIpc) is 3.02. The summed E-state index contributed by atoms with van der Waals surface area (Å²) < 4.78 is 33.7. The number of carbonyl (C=O) groups is 2. The van der Waals surface area contributed by atoms with E-state index in [0.29, 0.717) is 0 Å². The number of aliphatic hydroxyl groups is 11. The third kappa shape index (κ3) is 8.54. The van der Waals surface area contributed by atoms with E-state index in [1.165, 1.54) is 13.8 Å². The normalized spacial score (nSPS) is 44.5. The smallest absolute Gasteiger partial charge is 0.217 e. The van der Waals surface area contributed by atoms with Crippen LogP contribution in [0.2, 0.25) is 0 Å². The first-order valence-electron chi connectivity index (χ1n) is 14.6. The van der Waals surface area contributed by atoms with Crippen molar-refractivity contribution in [3.63, 3.8) is 0 Å². The van der Waals surface area contributed by atoms with Crippen LogP contribution >= 0.6 is 0 Å². The SMILES string of the molecule is CC(=O)NC(C=O)C(OC1OC(C)C(O)C(O)C1O)C(OC1OC(CO)C(O)C(O)C1OC1OC(C)C(O)C(O)C1O)C(O)CO. The van der Waals surface area contributed by atoms with Gasteiger partial charge in [0.15, 0.2) is 18.9 Å². The van der Waals surface area contributed by atoms with Crippen LogP contribution in [0.3, 0.4) is 0 Å². The number of ether oxygens (including phenoxy) is 6. The number of amides is 1. The van der Waals surface area contributed by atoms with Gasteiger partial charge < -0.3 is 94.7 Å². The van der Waals surface area contributed by atoms with Gasteiger partial charge in [0.1, 0.15) is 91.7 Å². The van der Waals surface area contributed by atoms with Gasteiger partial charge in [-0.3, -0.25) is 4.79 Å². The van der Waals surface area contributed by atoms with Crippen molar-refractivity contribution >= 4 is 12.2 Å². The molecule has 3 fully saturated rings. The fourth-order valence-corrected chi connectivity index (χ4v) is 5.31. The van der Waals surface area contributed by atoms with E-state index in [-0.39, 0.29) is 6.29 Å². The minimum atomic E-state index is -2.01. The highest BCUT2D eigenvalue weighted by atomic mass is 16.8. The zero-order valence-corrected chi connectivity index (χ0v) is 25.1. The third-order valence-electron chi connectivity index (χ3n) is 8.08. The summed E-state index contributed by atoms with van der Waals surface area (Å²) in [5.41, 5.74) is 0. The Balaban J connectivity index is 2.01. The second kappa shape index (κ2) is 16.7. The number of rotatable bonds is 13. The molecule has 12 N–H and O–H groups in total. The molecule has 20 nitrogen and oxygen atoms in total. The van der Waals surface area contributed by atoms with Crippen LogP contribution in [0.25, 0.3) is 0 Å². The van der Waals surface area contributed by atoms with Crippen LogP contribution < -0.4 is 5.32 Å². The molecule has 46 heavy (non-hydrogen) atoms. The van der Waals surface area contributed by atoms with Gasteiger partial charge in [0.2, 0.25) is 5.91 Å². The fraction of sp³-hybridized carbons (Fsp3) is 0.923. The summed E-state index contributed by atoms with van der Waals surface area (Å²) in [6.07, 6.45) is -31.4. The summed E-state index contributed by atoms with van der Waals surface area (Å²) in [4.78, 5) is 24.2. The zero-order chi connectivity index (χ0) is 34.6. The number of aliphatic hydroxyl groups excluding tert-OH is 11. The molecule has 268 valence electrons. The summed E-state index contributed by atoms with van der Waals surface area (Å²) in [5.74, 6) is -0.788. The van der Waals surface area contributed by atoms with Gasteiger partial charge in [-0.1, -0.05) is 0 Å². The summed E-state index contributed by atoms with van der Waals surface area (Å²) >= 11 is 0. The van der Waals surface area contributed by atoms with E-state index in [0.717, 1.165) is 6.92 Å². The number of nitrogens with one attached hydrogen (secondary N) is 1. The topological polar surface area (TPSA) is 324 Å². The van der Waals surface area contributed by atoms with E-state index in [1.807, 2.05) is 0 Å². The average molecular weight is 676 g/mol. The van der Waals surface area contributed by atoms with Crippen LogP contribution in [0.5, 0.6) is 0 Å². The van der Waals surface area contributed by atoms with Crippen LogP contribution in [0.4, 0.5) is 0 Å². The van der Waals surface area contributed by atoms with Crippen LogP contribution in [-0.4, -0.2) is 198 Å². The number of carbonyl (C=O) groups excluding carboxylic acids is 2. The Morgan fingerprint density at radius 3 is 1.76 bits per heavy atom. The fourth-order valence-electron chi connectivity index (χ4n) is 5.31. The van der Waals surface area contributed by atoms with Gasteiger partial charge in [-0.25, -0.2) is 0 Å². The molecule has 3 rings (SSSR count). The van der Waals surface area contributed by atoms with Gasteiger partial charge in [0.25, 0.3) is 0 Å². The van der Waals surface area contributed by atoms with Crippen molar-refractivity contribution in [1.82, 2.24) is 5.32 Å². The maximum atomic E-state index is 12.2. The predicted molar refractivity (Wildman–Crippen MR) is 144 cm³/mol. The van der Waals surface area contributed by atoms with E-state index in [1.54, 1.807) is 0 Å². The Kier molecular flexibility index (Phi) is 14.1. The first-order valence-corrected chi connectivity index (χ1v) is 14.6. The predicted octanol–water partition coefficient (Wildman–Crippen LogP) is -7.71. The number of hydrogen-bond donors (Lipinski definition) is 12. The number of hydrogen-bond acceptors (Lipinski definition) is 19. The summed E-state index contributed by atoms with van der Waals surface area (Å²) in [5, 5.41) is 116. The molecule has 0 aromatic rings. The summed E-state index contributed by atoms with van der Waals surface area (Å²) in [6.45, 7) is 1.70. The highest BCUT2D eigenvalue weighted by Gasteiger charge is 2.53. The van der Waals surface area contributed by atoms with Crippen molar-refractivity contribution in [2.45, 2.75) is 137 Å². The van der Waals surface area contributed by atoms with Crippen molar-refractivity contribution in [3.05, 3.63) is 0 Å². The minimum absolute atomic E-state index is 0.154. The molecule has 19 unspecified atom stereocenters. The highest BCUT2D eigenvalue weighted by molar-refractivity contribution is 5.77. The van der Waals surface area contributed by atoms with E-state index in [4.69, 9.17) is 28.4 Å². The Morgan fingerprint density at radius 1 is 0.739 bits per heavy atom. The lowest BCUT2D eigenvalue weighted by molar-refractivity contribution is -0.379. The van der Waals surface area contributed by atoms with Crippen molar-refractivity contribution in [2.75, 3.05) is 13.2 Å². The zero-order valence-electron chi connectivity index (χ0n) is 25.1. The Morgan fingerprint density at radius 2 is 1.26 bits per heavy atom. The lowest BCUT2D eigenvalue weighted by atomic mass is 9.96. The second-order valence-electron chi connectivity index (χ2n) is 11.5. The van der Waals surface area contributed by atoms with Crippen LogP contribution in [0, 0.1) is 0 Å². The molecular formula is C26H45NO19. The molecule has 0 spiro atoms. The molecule has 3 saturated heterocycles. The number of aldehydes is 1. The van der Waals surface area contributed by atoms with Gasteiger partial charge in [-0.2, -0.15) is 0 Å². The van der Waals surface area contributed by atoms with Crippen LogP contribution in [0.15, 0.2) is 0 Å². The van der Waals surface area contributed by atoms with Gasteiger partial charge in [0, 0.05) is 6.92 Å². The molecule has 3 aliphatic rings. The van der Waals surface area contributed by atoms with Gasteiger partial charge in [-0.05, 0) is 13.8 Å². The van der Waals surface area contributed by atoms with Gasteiger partial charge in [0.05, 0.1) is 25.4 Å². The van der Waals surface area contributed by atoms with E-state index in [9.17, 15) is 65.8 Å². The maximum absolute atomic E-state index is 12.2. The highest BCUT2D eigenvalue weighted by Crippen LogP contribution is 2.32. The molecule has 3 aliphatic heterocycles. The second-order valence-corrected chi connectivity index (χ2v) is 11.5. The summed E-state index contributed by atoms with van der Waals surface area (Å²) in [7, 11) is 0. The van der Waals surface area contributed by atoms with Crippen LogP contribution in [-0.2, 0) is 38.0 Å². The molecule has 0 bridgehead atoms. The van der Waals surface area contributed by atoms with Crippen molar-refractivity contribution < 1.29 is 94.2 Å². The molecular weight excluding hydrogens is 630 g/mol. The minimum Gasteiger partial charge on any atom is -0.394 e. The quantitative estimate of drug-likeness (QED) is 0.0806. The molecule has 20 heteroatoms. The molecule has 3 heterocycles. The third-order valence-corrected chi connectivity index (χ3v) is 8.08. The van der Waals surface area contributed by atoms with E-state index >= 15 is 0 Å². The van der Waals surface area contributed by atoms with Gasteiger partial charge in [-0.15, -0.1) is 0 Å². The monoisotopic (exact) mass is 675 g/mol. The van der Waals surface area contributed by atoms with E-state index in [2.05, 4.69) is 5.32 Å². The maximum Gasteiger partial charge on any atom is 0.217 e. The Hall–Kier alpha value is -1.54. The Labute approximate surface area is 262 Å².